The minimum absolute atomic E-state index is 0.546. The topological polar surface area (TPSA) is 70.1 Å². The molecule has 0 bridgehead atoms. The van der Waals surface area contributed by atoms with E-state index in [0.29, 0.717) is 11.9 Å². The quantitative estimate of drug-likeness (QED) is 0.900. The molecule has 0 amide bonds. The molecule has 3 heterocycles. The molecule has 7 nitrogen and oxygen atoms in total. The summed E-state index contributed by atoms with van der Waals surface area (Å²) < 4.78 is 0. The monoisotopic (exact) mass is 313 g/mol. The van der Waals surface area contributed by atoms with Crippen molar-refractivity contribution in [2.75, 3.05) is 47.8 Å². The highest BCUT2D eigenvalue weighted by Crippen LogP contribution is 2.17. The number of nitrogens with one attached hydrogen (secondary N) is 1. The molecule has 7 heteroatoms. The summed E-state index contributed by atoms with van der Waals surface area (Å²) in [6, 6.07) is 6.02. The number of hydrogen-bond acceptors (Lipinski definition) is 7. The molecule has 0 spiro atoms. The van der Waals surface area contributed by atoms with Gasteiger partial charge in [-0.05, 0) is 18.1 Å². The molecule has 1 N–H and O–H groups in total. The zero-order valence-electron chi connectivity index (χ0n) is 13.7. The van der Waals surface area contributed by atoms with E-state index in [1.165, 1.54) is 0 Å². The Morgan fingerprint density at radius 2 is 1.83 bits per heavy atom. The highest BCUT2D eigenvalue weighted by atomic mass is 15.3. The van der Waals surface area contributed by atoms with Gasteiger partial charge in [0.2, 0.25) is 5.95 Å². The van der Waals surface area contributed by atoms with Crippen molar-refractivity contribution in [2.24, 2.45) is 5.92 Å². The molecule has 1 saturated heterocycles. The summed E-state index contributed by atoms with van der Waals surface area (Å²) in [5.41, 5.74) is 0. The van der Waals surface area contributed by atoms with Crippen LogP contribution in [0.3, 0.4) is 0 Å². The third-order valence-electron chi connectivity index (χ3n) is 3.79. The second-order valence-corrected chi connectivity index (χ2v) is 6.07. The van der Waals surface area contributed by atoms with Gasteiger partial charge in [-0.25, -0.2) is 4.98 Å². The summed E-state index contributed by atoms with van der Waals surface area (Å²) in [6.07, 6.45) is 3.57. The van der Waals surface area contributed by atoms with Gasteiger partial charge in [-0.1, -0.05) is 19.9 Å². The van der Waals surface area contributed by atoms with Crippen LogP contribution < -0.4 is 15.1 Å². The summed E-state index contributed by atoms with van der Waals surface area (Å²) in [5.74, 6) is 3.06. The molecule has 23 heavy (non-hydrogen) atoms. The van der Waals surface area contributed by atoms with Crippen molar-refractivity contribution in [2.45, 2.75) is 13.8 Å². The maximum absolute atomic E-state index is 4.57. The molecule has 0 atom stereocenters. The summed E-state index contributed by atoms with van der Waals surface area (Å²) >= 11 is 0. The van der Waals surface area contributed by atoms with Crippen molar-refractivity contribution >= 4 is 17.6 Å². The lowest BCUT2D eigenvalue weighted by molar-refractivity contribution is 0.637. The fraction of sp³-hybridized carbons (Fsp3) is 0.500. The van der Waals surface area contributed by atoms with Crippen LogP contribution in [0.5, 0.6) is 0 Å². The molecule has 0 aliphatic carbocycles. The lowest BCUT2D eigenvalue weighted by Crippen LogP contribution is -2.47. The van der Waals surface area contributed by atoms with Gasteiger partial charge in [0, 0.05) is 38.9 Å². The molecule has 0 aromatic carbocycles. The summed E-state index contributed by atoms with van der Waals surface area (Å²) in [5, 5.41) is 11.3. The van der Waals surface area contributed by atoms with Gasteiger partial charge in [-0.15, -0.1) is 5.10 Å². The minimum Gasteiger partial charge on any atom is -0.353 e. The number of nitrogens with zero attached hydrogens (tertiary/aromatic N) is 6. The molecular weight excluding hydrogens is 290 g/mol. The lowest BCUT2D eigenvalue weighted by atomic mass is 10.2. The molecule has 1 aliphatic heterocycles. The number of hydrogen-bond donors (Lipinski definition) is 1. The molecule has 3 rings (SSSR count). The predicted octanol–water partition coefficient (Wildman–Crippen LogP) is 1.66. The standard InChI is InChI=1S/C16H23N7/c1-13(2)11-18-16-20-15(12-19-21-16)23-9-7-22(8-10-23)14-5-3-4-6-17-14/h3-6,12-13H,7-11H2,1-2H3,(H,18,20,21). The number of aromatic nitrogens is 4. The second-order valence-electron chi connectivity index (χ2n) is 6.07. The maximum Gasteiger partial charge on any atom is 0.244 e. The first-order valence-electron chi connectivity index (χ1n) is 8.07. The van der Waals surface area contributed by atoms with Gasteiger partial charge >= 0.3 is 0 Å². The van der Waals surface area contributed by atoms with Gasteiger partial charge in [-0.3, -0.25) is 0 Å². The Kier molecular flexibility index (Phi) is 4.85. The SMILES string of the molecule is CC(C)CNc1nncc(N2CCN(c3ccccn3)CC2)n1. The average molecular weight is 313 g/mol. The number of pyridine rings is 1. The van der Waals surface area contributed by atoms with Gasteiger partial charge in [-0.2, -0.15) is 10.1 Å². The largest absolute Gasteiger partial charge is 0.353 e. The van der Waals surface area contributed by atoms with Crippen LogP contribution in [0.4, 0.5) is 17.6 Å². The highest BCUT2D eigenvalue weighted by molar-refractivity contribution is 5.45. The first-order chi connectivity index (χ1) is 11.2. The third kappa shape index (κ3) is 4.06. The zero-order valence-corrected chi connectivity index (χ0v) is 13.7. The Hall–Kier alpha value is -2.44. The summed E-state index contributed by atoms with van der Waals surface area (Å²) in [4.78, 5) is 13.5. The molecule has 0 saturated carbocycles. The molecule has 1 fully saturated rings. The molecule has 0 unspecified atom stereocenters. The van der Waals surface area contributed by atoms with Crippen LogP contribution in [0.25, 0.3) is 0 Å². The van der Waals surface area contributed by atoms with Crippen LogP contribution in [0.1, 0.15) is 13.8 Å². The van der Waals surface area contributed by atoms with Crippen molar-refractivity contribution < 1.29 is 0 Å². The van der Waals surface area contributed by atoms with E-state index in [1.54, 1.807) is 6.20 Å². The Labute approximate surface area is 136 Å². The van der Waals surface area contributed by atoms with Gasteiger partial charge < -0.3 is 15.1 Å². The fourth-order valence-corrected chi connectivity index (χ4v) is 2.52. The van der Waals surface area contributed by atoms with Crippen LogP contribution in [-0.2, 0) is 0 Å². The van der Waals surface area contributed by atoms with Crippen LogP contribution >= 0.6 is 0 Å². The van der Waals surface area contributed by atoms with Gasteiger partial charge in [0.25, 0.3) is 0 Å². The van der Waals surface area contributed by atoms with Crippen LogP contribution in [0.2, 0.25) is 0 Å². The highest BCUT2D eigenvalue weighted by Gasteiger charge is 2.19. The molecular formula is C16H23N7. The van der Waals surface area contributed by atoms with Crippen molar-refractivity contribution in [3.8, 4) is 0 Å². The smallest absolute Gasteiger partial charge is 0.244 e. The van der Waals surface area contributed by atoms with E-state index in [4.69, 9.17) is 0 Å². The summed E-state index contributed by atoms with van der Waals surface area (Å²) in [7, 11) is 0. The van der Waals surface area contributed by atoms with E-state index in [2.05, 4.69) is 55.2 Å². The Morgan fingerprint density at radius 3 is 2.48 bits per heavy atom. The normalized spacial score (nSPS) is 15.1. The van der Waals surface area contributed by atoms with E-state index in [1.807, 2.05) is 18.3 Å². The number of anilines is 3. The average Bonchev–Trinajstić information content (AvgIpc) is 2.61. The number of rotatable bonds is 5. The molecule has 122 valence electrons. The fourth-order valence-electron chi connectivity index (χ4n) is 2.52. The van der Waals surface area contributed by atoms with Gasteiger partial charge in [0.15, 0.2) is 5.82 Å². The van der Waals surface area contributed by atoms with Crippen molar-refractivity contribution in [1.82, 2.24) is 20.2 Å². The van der Waals surface area contributed by atoms with E-state index < -0.39 is 0 Å². The second kappa shape index (κ2) is 7.21. The third-order valence-corrected chi connectivity index (χ3v) is 3.79. The van der Waals surface area contributed by atoms with Crippen LogP contribution in [0, 0.1) is 5.92 Å². The van der Waals surface area contributed by atoms with Crippen LogP contribution in [-0.4, -0.2) is 52.9 Å². The lowest BCUT2D eigenvalue weighted by Gasteiger charge is -2.35. The van der Waals surface area contributed by atoms with Crippen molar-refractivity contribution in [3.05, 3.63) is 30.6 Å². The maximum atomic E-state index is 4.57. The van der Waals surface area contributed by atoms with E-state index >= 15 is 0 Å². The summed E-state index contributed by atoms with van der Waals surface area (Å²) in [6.45, 7) is 8.81. The van der Waals surface area contributed by atoms with Gasteiger partial charge in [0.05, 0.1) is 6.20 Å². The molecule has 1 aliphatic rings. The first-order valence-corrected chi connectivity index (χ1v) is 8.07. The van der Waals surface area contributed by atoms with Crippen molar-refractivity contribution in [3.63, 3.8) is 0 Å². The van der Waals surface area contributed by atoms with E-state index in [-0.39, 0.29) is 0 Å². The van der Waals surface area contributed by atoms with E-state index in [9.17, 15) is 0 Å². The molecule has 0 radical (unpaired) electrons. The van der Waals surface area contributed by atoms with Crippen molar-refractivity contribution in [1.29, 1.82) is 0 Å². The predicted molar refractivity (Wildman–Crippen MR) is 91.8 cm³/mol. The Bertz CT molecular complexity index is 609. The zero-order chi connectivity index (χ0) is 16.1. The number of piperazine rings is 1. The van der Waals surface area contributed by atoms with Gasteiger partial charge in [0.1, 0.15) is 5.82 Å². The Morgan fingerprint density at radius 1 is 1.09 bits per heavy atom. The molecule has 2 aromatic heterocycles. The Balaban J connectivity index is 1.60. The first kappa shape index (κ1) is 15.5. The van der Waals surface area contributed by atoms with Crippen LogP contribution in [0.15, 0.2) is 30.6 Å². The van der Waals surface area contributed by atoms with E-state index in [0.717, 1.165) is 44.4 Å². The minimum atomic E-state index is 0.546. The molecule has 2 aromatic rings.